The zero-order chi connectivity index (χ0) is 12.7. The highest BCUT2D eigenvalue weighted by Crippen LogP contribution is 2.30. The third kappa shape index (κ3) is 5.36. The van der Waals surface area contributed by atoms with Crippen molar-refractivity contribution < 1.29 is 9.84 Å². The van der Waals surface area contributed by atoms with Crippen LogP contribution >= 0.6 is 0 Å². The molecular formula is C14H29NO2. The number of nitrogens with one attached hydrogen (secondary N) is 1. The molecule has 3 nitrogen and oxygen atoms in total. The van der Waals surface area contributed by atoms with Crippen LogP contribution in [0.25, 0.3) is 0 Å². The Kier molecular flexibility index (Phi) is 7.09. The third-order valence-corrected chi connectivity index (χ3v) is 4.05. The van der Waals surface area contributed by atoms with Gasteiger partial charge in [-0.15, -0.1) is 0 Å². The number of hydrogen-bond acceptors (Lipinski definition) is 3. The minimum absolute atomic E-state index is 0.235. The van der Waals surface area contributed by atoms with Crippen LogP contribution in [0.3, 0.4) is 0 Å². The number of aliphatic hydroxyl groups excluding tert-OH is 1. The van der Waals surface area contributed by atoms with Crippen LogP contribution in [-0.2, 0) is 4.74 Å². The summed E-state index contributed by atoms with van der Waals surface area (Å²) in [6.07, 6.45) is 4.90. The third-order valence-electron chi connectivity index (χ3n) is 4.05. The lowest BCUT2D eigenvalue weighted by atomic mass is 9.80. The molecule has 2 N–H and O–H groups in total. The SMILES string of the molecule is CCNC(CCO)COC1CCC(C)C(C)C1. The fourth-order valence-corrected chi connectivity index (χ4v) is 2.59. The summed E-state index contributed by atoms with van der Waals surface area (Å²) in [5, 5.41) is 12.3. The summed E-state index contributed by atoms with van der Waals surface area (Å²) in [6.45, 7) is 8.67. The van der Waals surface area contributed by atoms with Crippen molar-refractivity contribution in [2.45, 2.75) is 58.6 Å². The molecule has 1 rings (SSSR count). The highest BCUT2D eigenvalue weighted by molar-refractivity contribution is 4.76. The van der Waals surface area contributed by atoms with Gasteiger partial charge in [0, 0.05) is 12.6 Å². The summed E-state index contributed by atoms with van der Waals surface area (Å²) in [5.74, 6) is 1.63. The monoisotopic (exact) mass is 243 g/mol. The summed E-state index contributed by atoms with van der Waals surface area (Å²) in [4.78, 5) is 0. The molecule has 0 aromatic rings. The predicted molar refractivity (Wildman–Crippen MR) is 71.1 cm³/mol. The van der Waals surface area contributed by atoms with Gasteiger partial charge < -0.3 is 15.2 Å². The average molecular weight is 243 g/mol. The second-order valence-corrected chi connectivity index (χ2v) is 5.49. The van der Waals surface area contributed by atoms with E-state index >= 15 is 0 Å². The zero-order valence-electron chi connectivity index (χ0n) is 11.6. The molecule has 1 saturated carbocycles. The van der Waals surface area contributed by atoms with Gasteiger partial charge in [-0.25, -0.2) is 0 Å². The van der Waals surface area contributed by atoms with Gasteiger partial charge in [0.1, 0.15) is 0 Å². The summed E-state index contributed by atoms with van der Waals surface area (Å²) in [6, 6.07) is 0.305. The standard InChI is InChI=1S/C14H29NO2/c1-4-15-13(7-8-16)10-17-14-6-5-11(2)12(3)9-14/h11-16H,4-10H2,1-3H3. The van der Waals surface area contributed by atoms with Crippen molar-refractivity contribution in [3.8, 4) is 0 Å². The van der Waals surface area contributed by atoms with Crippen molar-refractivity contribution >= 4 is 0 Å². The Morgan fingerprint density at radius 2 is 2.06 bits per heavy atom. The number of likely N-dealkylation sites (N-methyl/N-ethyl adjacent to an activating group) is 1. The fraction of sp³-hybridized carbons (Fsp3) is 1.00. The lowest BCUT2D eigenvalue weighted by Crippen LogP contribution is -2.37. The van der Waals surface area contributed by atoms with Crippen LogP contribution in [0.5, 0.6) is 0 Å². The average Bonchev–Trinajstić information content (AvgIpc) is 2.31. The maximum absolute atomic E-state index is 8.98. The maximum Gasteiger partial charge on any atom is 0.0624 e. The van der Waals surface area contributed by atoms with E-state index in [0.29, 0.717) is 12.1 Å². The first-order valence-corrected chi connectivity index (χ1v) is 7.13. The predicted octanol–water partition coefficient (Wildman–Crippen LogP) is 2.19. The van der Waals surface area contributed by atoms with E-state index in [2.05, 4.69) is 26.1 Å². The van der Waals surface area contributed by atoms with Crippen LogP contribution in [0, 0.1) is 11.8 Å². The Hall–Kier alpha value is -0.120. The van der Waals surface area contributed by atoms with Crippen LogP contribution in [0.4, 0.5) is 0 Å². The molecule has 0 bridgehead atoms. The van der Waals surface area contributed by atoms with E-state index in [0.717, 1.165) is 31.4 Å². The van der Waals surface area contributed by atoms with Gasteiger partial charge in [0.05, 0.1) is 12.7 Å². The Balaban J connectivity index is 2.24. The normalized spacial score (nSPS) is 31.4. The number of rotatable bonds is 7. The topological polar surface area (TPSA) is 41.5 Å². The van der Waals surface area contributed by atoms with E-state index in [1.165, 1.54) is 19.3 Å². The maximum atomic E-state index is 8.98. The van der Waals surface area contributed by atoms with Gasteiger partial charge in [-0.3, -0.25) is 0 Å². The molecule has 0 radical (unpaired) electrons. The number of ether oxygens (including phenoxy) is 1. The highest BCUT2D eigenvalue weighted by Gasteiger charge is 2.25. The molecule has 1 aliphatic carbocycles. The molecule has 0 spiro atoms. The molecule has 3 heteroatoms. The Morgan fingerprint density at radius 3 is 2.65 bits per heavy atom. The molecule has 0 saturated heterocycles. The lowest BCUT2D eigenvalue weighted by Gasteiger charge is -2.33. The summed E-state index contributed by atoms with van der Waals surface area (Å²) < 4.78 is 6.00. The molecular weight excluding hydrogens is 214 g/mol. The Labute approximate surface area is 106 Å². The van der Waals surface area contributed by atoms with Crippen LogP contribution in [-0.4, -0.2) is 37.0 Å². The van der Waals surface area contributed by atoms with Gasteiger partial charge in [-0.1, -0.05) is 20.8 Å². The van der Waals surface area contributed by atoms with Gasteiger partial charge in [0.15, 0.2) is 0 Å². The van der Waals surface area contributed by atoms with Crippen molar-refractivity contribution in [2.24, 2.45) is 11.8 Å². The molecule has 0 aromatic carbocycles. The van der Waals surface area contributed by atoms with E-state index in [9.17, 15) is 0 Å². The van der Waals surface area contributed by atoms with E-state index in [1.54, 1.807) is 0 Å². The highest BCUT2D eigenvalue weighted by atomic mass is 16.5. The van der Waals surface area contributed by atoms with Gasteiger partial charge in [0.25, 0.3) is 0 Å². The molecule has 0 amide bonds. The molecule has 4 atom stereocenters. The van der Waals surface area contributed by atoms with Crippen LogP contribution in [0.15, 0.2) is 0 Å². The van der Waals surface area contributed by atoms with Crippen LogP contribution in [0.1, 0.15) is 46.5 Å². The molecule has 17 heavy (non-hydrogen) atoms. The molecule has 1 fully saturated rings. The quantitative estimate of drug-likeness (QED) is 0.720. The number of hydrogen-bond donors (Lipinski definition) is 2. The fourth-order valence-electron chi connectivity index (χ4n) is 2.59. The van der Waals surface area contributed by atoms with E-state index in [-0.39, 0.29) is 6.61 Å². The van der Waals surface area contributed by atoms with Gasteiger partial charge in [-0.2, -0.15) is 0 Å². The molecule has 1 aliphatic rings. The van der Waals surface area contributed by atoms with Crippen molar-refractivity contribution in [1.82, 2.24) is 5.32 Å². The molecule has 0 aliphatic heterocycles. The molecule has 4 unspecified atom stereocenters. The van der Waals surface area contributed by atoms with Crippen LogP contribution < -0.4 is 5.32 Å². The van der Waals surface area contributed by atoms with E-state index in [1.807, 2.05) is 0 Å². The second-order valence-electron chi connectivity index (χ2n) is 5.49. The van der Waals surface area contributed by atoms with E-state index in [4.69, 9.17) is 9.84 Å². The summed E-state index contributed by atoms with van der Waals surface area (Å²) in [5.41, 5.74) is 0. The minimum Gasteiger partial charge on any atom is -0.396 e. The molecule has 0 aromatic heterocycles. The van der Waals surface area contributed by atoms with Crippen LogP contribution in [0.2, 0.25) is 0 Å². The lowest BCUT2D eigenvalue weighted by molar-refractivity contribution is -0.00955. The number of aliphatic hydroxyl groups is 1. The smallest absolute Gasteiger partial charge is 0.0624 e. The van der Waals surface area contributed by atoms with Crippen molar-refractivity contribution in [3.05, 3.63) is 0 Å². The first-order valence-electron chi connectivity index (χ1n) is 7.13. The molecule has 0 heterocycles. The Morgan fingerprint density at radius 1 is 1.29 bits per heavy atom. The zero-order valence-corrected chi connectivity index (χ0v) is 11.6. The molecule has 102 valence electrons. The van der Waals surface area contributed by atoms with Crippen molar-refractivity contribution in [1.29, 1.82) is 0 Å². The summed E-state index contributed by atoms with van der Waals surface area (Å²) >= 11 is 0. The summed E-state index contributed by atoms with van der Waals surface area (Å²) in [7, 11) is 0. The van der Waals surface area contributed by atoms with Crippen molar-refractivity contribution in [3.63, 3.8) is 0 Å². The van der Waals surface area contributed by atoms with Gasteiger partial charge in [0.2, 0.25) is 0 Å². The second kappa shape index (κ2) is 8.06. The Bertz CT molecular complexity index is 193. The van der Waals surface area contributed by atoms with E-state index < -0.39 is 0 Å². The first kappa shape index (κ1) is 14.9. The largest absolute Gasteiger partial charge is 0.396 e. The van der Waals surface area contributed by atoms with Gasteiger partial charge in [-0.05, 0) is 44.1 Å². The first-order chi connectivity index (χ1) is 8.17. The minimum atomic E-state index is 0.235. The van der Waals surface area contributed by atoms with Gasteiger partial charge >= 0.3 is 0 Å². The van der Waals surface area contributed by atoms with Crippen molar-refractivity contribution in [2.75, 3.05) is 19.8 Å².